The summed E-state index contributed by atoms with van der Waals surface area (Å²) in [5.41, 5.74) is 0.446. The van der Waals surface area contributed by atoms with E-state index in [2.05, 4.69) is 23.7 Å². The van der Waals surface area contributed by atoms with Crippen LogP contribution in [-0.4, -0.2) is 30.6 Å². The summed E-state index contributed by atoms with van der Waals surface area (Å²) in [7, 11) is 2.00. The average molecular weight is 256 g/mol. The largest absolute Gasteiger partial charge is 0.461 e. The molecule has 0 fully saturated rings. The average Bonchev–Trinajstić information content (AvgIpc) is 2.69. The van der Waals surface area contributed by atoms with Crippen LogP contribution in [0.5, 0.6) is 0 Å². The van der Waals surface area contributed by atoms with Crippen LogP contribution in [0.2, 0.25) is 0 Å². The number of ether oxygens (including phenoxy) is 1. The van der Waals surface area contributed by atoms with Crippen molar-refractivity contribution in [2.45, 2.75) is 40.2 Å². The van der Waals surface area contributed by atoms with Gasteiger partial charge in [-0.2, -0.15) is 0 Å². The number of aryl methyl sites for hydroxylation is 1. The molecule has 1 unspecified atom stereocenters. The second-order valence-corrected chi connectivity index (χ2v) is 5.17. The standard InChI is InChI=1S/C12H20N2O2S/c1-6-8(3)14(5)12-13-10(9(4)17-12)11(15)16-7-2/h8H,6-7H2,1-5H3. The fourth-order valence-corrected chi connectivity index (χ4v) is 2.34. The van der Waals surface area contributed by atoms with Crippen molar-refractivity contribution in [2.75, 3.05) is 18.6 Å². The predicted molar refractivity (Wildman–Crippen MR) is 71.0 cm³/mol. The fourth-order valence-electron chi connectivity index (χ4n) is 1.38. The molecule has 0 saturated heterocycles. The summed E-state index contributed by atoms with van der Waals surface area (Å²) in [6, 6.07) is 0.413. The minimum atomic E-state index is -0.329. The number of carbonyl (C=O) groups excluding carboxylic acids is 1. The van der Waals surface area contributed by atoms with Gasteiger partial charge in [-0.25, -0.2) is 9.78 Å². The fraction of sp³-hybridized carbons (Fsp3) is 0.667. The second-order valence-electron chi connectivity index (χ2n) is 3.99. The Labute approximate surface area is 107 Å². The molecule has 0 bridgehead atoms. The lowest BCUT2D eigenvalue weighted by molar-refractivity contribution is 0.0519. The van der Waals surface area contributed by atoms with Crippen molar-refractivity contribution in [1.82, 2.24) is 4.98 Å². The number of thiazole rings is 1. The van der Waals surface area contributed by atoms with Gasteiger partial charge >= 0.3 is 5.97 Å². The quantitative estimate of drug-likeness (QED) is 0.760. The summed E-state index contributed by atoms with van der Waals surface area (Å²) in [5, 5.41) is 0.875. The number of carbonyl (C=O) groups is 1. The smallest absolute Gasteiger partial charge is 0.358 e. The first-order valence-corrected chi connectivity index (χ1v) is 6.70. The van der Waals surface area contributed by atoms with Crippen molar-refractivity contribution >= 4 is 22.4 Å². The van der Waals surface area contributed by atoms with Crippen LogP contribution in [0.4, 0.5) is 5.13 Å². The zero-order chi connectivity index (χ0) is 13.0. The van der Waals surface area contributed by atoms with E-state index in [4.69, 9.17) is 4.74 Å². The molecule has 0 aliphatic carbocycles. The number of hydrogen-bond donors (Lipinski definition) is 0. The number of hydrogen-bond acceptors (Lipinski definition) is 5. The first-order valence-electron chi connectivity index (χ1n) is 5.88. The molecule has 0 radical (unpaired) electrons. The van der Waals surface area contributed by atoms with Gasteiger partial charge < -0.3 is 9.64 Å². The van der Waals surface area contributed by atoms with Crippen molar-refractivity contribution in [3.63, 3.8) is 0 Å². The van der Waals surface area contributed by atoms with E-state index in [1.54, 1.807) is 6.92 Å². The van der Waals surface area contributed by atoms with Gasteiger partial charge in [-0.15, -0.1) is 11.3 Å². The lowest BCUT2D eigenvalue weighted by Crippen LogP contribution is -2.27. The Hall–Kier alpha value is -1.10. The van der Waals surface area contributed by atoms with E-state index in [1.165, 1.54) is 11.3 Å². The van der Waals surface area contributed by atoms with E-state index >= 15 is 0 Å². The highest BCUT2D eigenvalue weighted by atomic mass is 32.1. The Bertz CT molecular complexity index is 390. The third-order valence-electron chi connectivity index (χ3n) is 2.81. The van der Waals surface area contributed by atoms with Crippen LogP contribution < -0.4 is 4.90 Å². The molecule has 1 aromatic rings. The molecule has 5 heteroatoms. The molecule has 1 atom stereocenters. The van der Waals surface area contributed by atoms with E-state index < -0.39 is 0 Å². The van der Waals surface area contributed by atoms with Crippen LogP contribution in [0, 0.1) is 6.92 Å². The van der Waals surface area contributed by atoms with E-state index in [0.717, 1.165) is 16.4 Å². The van der Waals surface area contributed by atoms with Crippen molar-refractivity contribution < 1.29 is 9.53 Å². The highest BCUT2D eigenvalue weighted by Gasteiger charge is 2.19. The van der Waals surface area contributed by atoms with Crippen LogP contribution in [0.25, 0.3) is 0 Å². The summed E-state index contributed by atoms with van der Waals surface area (Å²) < 4.78 is 4.98. The van der Waals surface area contributed by atoms with Gasteiger partial charge in [0.05, 0.1) is 6.61 Å². The van der Waals surface area contributed by atoms with Gasteiger partial charge in [0.2, 0.25) is 0 Å². The molecule has 0 N–H and O–H groups in total. The highest BCUT2D eigenvalue weighted by Crippen LogP contribution is 2.27. The Morgan fingerprint density at radius 2 is 2.18 bits per heavy atom. The van der Waals surface area contributed by atoms with Crippen LogP contribution in [0.1, 0.15) is 42.6 Å². The number of esters is 1. The molecule has 0 spiro atoms. The molecule has 4 nitrogen and oxygen atoms in total. The topological polar surface area (TPSA) is 42.4 Å². The first kappa shape index (κ1) is 14.0. The minimum absolute atomic E-state index is 0.329. The van der Waals surface area contributed by atoms with Gasteiger partial charge in [0.15, 0.2) is 10.8 Å². The summed E-state index contributed by atoms with van der Waals surface area (Å²) in [5.74, 6) is -0.329. The lowest BCUT2D eigenvalue weighted by atomic mass is 10.2. The Morgan fingerprint density at radius 1 is 1.53 bits per heavy atom. The summed E-state index contributed by atoms with van der Waals surface area (Å²) in [4.78, 5) is 19.0. The van der Waals surface area contributed by atoms with E-state index in [1.807, 2.05) is 14.0 Å². The van der Waals surface area contributed by atoms with E-state index in [9.17, 15) is 4.79 Å². The van der Waals surface area contributed by atoms with Crippen molar-refractivity contribution in [2.24, 2.45) is 0 Å². The highest BCUT2D eigenvalue weighted by molar-refractivity contribution is 7.15. The van der Waals surface area contributed by atoms with Gasteiger partial charge in [-0.1, -0.05) is 6.92 Å². The van der Waals surface area contributed by atoms with E-state index in [0.29, 0.717) is 18.3 Å². The van der Waals surface area contributed by atoms with Gasteiger partial charge in [0.1, 0.15) is 0 Å². The van der Waals surface area contributed by atoms with Gasteiger partial charge in [0, 0.05) is 18.0 Å². The molecule has 1 aromatic heterocycles. The Kier molecular flexibility index (Phi) is 4.93. The third kappa shape index (κ3) is 3.19. The summed E-state index contributed by atoms with van der Waals surface area (Å²) >= 11 is 1.53. The predicted octanol–water partition coefficient (Wildman–Crippen LogP) is 2.86. The monoisotopic (exact) mass is 256 g/mol. The maximum atomic E-state index is 11.6. The van der Waals surface area contributed by atoms with Gasteiger partial charge in [-0.05, 0) is 27.2 Å². The van der Waals surface area contributed by atoms with Crippen LogP contribution in [0.15, 0.2) is 0 Å². The van der Waals surface area contributed by atoms with Crippen LogP contribution in [-0.2, 0) is 4.74 Å². The molecule has 1 heterocycles. The van der Waals surface area contributed by atoms with Crippen molar-refractivity contribution in [3.05, 3.63) is 10.6 Å². The van der Waals surface area contributed by atoms with Crippen LogP contribution >= 0.6 is 11.3 Å². The Balaban J connectivity index is 2.91. The summed E-state index contributed by atoms with van der Waals surface area (Å²) in [6.45, 7) is 8.35. The zero-order valence-electron chi connectivity index (χ0n) is 11.1. The number of anilines is 1. The maximum absolute atomic E-state index is 11.6. The molecule has 0 aromatic carbocycles. The molecule has 0 amide bonds. The molecule has 96 valence electrons. The molecule has 17 heavy (non-hydrogen) atoms. The maximum Gasteiger partial charge on any atom is 0.358 e. The first-order chi connectivity index (χ1) is 8.01. The molecule has 0 aliphatic rings. The minimum Gasteiger partial charge on any atom is -0.461 e. The van der Waals surface area contributed by atoms with Crippen molar-refractivity contribution in [1.29, 1.82) is 0 Å². The lowest BCUT2D eigenvalue weighted by Gasteiger charge is -2.22. The normalized spacial score (nSPS) is 12.3. The van der Waals surface area contributed by atoms with Crippen LogP contribution in [0.3, 0.4) is 0 Å². The number of aromatic nitrogens is 1. The SMILES string of the molecule is CCOC(=O)c1nc(N(C)C(C)CC)sc1C. The zero-order valence-corrected chi connectivity index (χ0v) is 11.9. The van der Waals surface area contributed by atoms with Crippen molar-refractivity contribution in [3.8, 4) is 0 Å². The van der Waals surface area contributed by atoms with Gasteiger partial charge in [-0.3, -0.25) is 0 Å². The molecule has 0 aliphatic heterocycles. The van der Waals surface area contributed by atoms with E-state index in [-0.39, 0.29) is 5.97 Å². The molecule has 1 rings (SSSR count). The number of nitrogens with zero attached hydrogens (tertiary/aromatic N) is 2. The number of rotatable bonds is 5. The van der Waals surface area contributed by atoms with Gasteiger partial charge in [0.25, 0.3) is 0 Å². The molecular weight excluding hydrogens is 236 g/mol. The second kappa shape index (κ2) is 6.00. The molecule has 0 saturated carbocycles. The third-order valence-corrected chi connectivity index (χ3v) is 3.87. The molecular formula is C12H20N2O2S. The Morgan fingerprint density at radius 3 is 2.71 bits per heavy atom. The summed E-state index contributed by atoms with van der Waals surface area (Å²) in [6.07, 6.45) is 1.05.